The number of imide groups is 1. The van der Waals surface area contributed by atoms with Crippen LogP contribution in [0.5, 0.6) is 0 Å². The maximum atomic E-state index is 12.9. The highest BCUT2D eigenvalue weighted by Gasteiger charge is 2.43. The summed E-state index contributed by atoms with van der Waals surface area (Å²) in [6.45, 7) is 9.61. The molecule has 1 saturated heterocycles. The summed E-state index contributed by atoms with van der Waals surface area (Å²) in [4.78, 5) is 26.9. The fourth-order valence-electron chi connectivity index (χ4n) is 3.27. The molecule has 1 atom stereocenters. The molecule has 1 heterocycles. The summed E-state index contributed by atoms with van der Waals surface area (Å²) in [7, 11) is 0. The van der Waals surface area contributed by atoms with Crippen molar-refractivity contribution < 1.29 is 9.59 Å². The second kappa shape index (κ2) is 6.32. The van der Waals surface area contributed by atoms with Gasteiger partial charge in [0.2, 0.25) is 11.8 Å². The Labute approximate surface area is 149 Å². The molecule has 0 bridgehead atoms. The molecule has 0 spiro atoms. The second-order valence-electron chi connectivity index (χ2n) is 7.51. The van der Waals surface area contributed by atoms with Crippen molar-refractivity contribution in [3.05, 3.63) is 72.3 Å². The van der Waals surface area contributed by atoms with Gasteiger partial charge in [-0.05, 0) is 22.3 Å². The normalized spacial score (nSPS) is 17.9. The Morgan fingerprint density at radius 1 is 1.04 bits per heavy atom. The van der Waals surface area contributed by atoms with E-state index in [1.807, 2.05) is 75.4 Å². The van der Waals surface area contributed by atoms with E-state index in [1.54, 1.807) is 0 Å². The second-order valence-corrected chi connectivity index (χ2v) is 7.51. The van der Waals surface area contributed by atoms with Gasteiger partial charge in [-0.15, -0.1) is 0 Å². The van der Waals surface area contributed by atoms with Crippen molar-refractivity contribution in [3.63, 3.8) is 0 Å². The Kier molecular flexibility index (Phi) is 4.34. The average molecular weight is 333 g/mol. The van der Waals surface area contributed by atoms with Crippen molar-refractivity contribution >= 4 is 11.8 Å². The van der Waals surface area contributed by atoms with Gasteiger partial charge in [-0.3, -0.25) is 14.5 Å². The van der Waals surface area contributed by atoms with E-state index < -0.39 is 11.5 Å². The van der Waals surface area contributed by atoms with Gasteiger partial charge in [-0.25, -0.2) is 0 Å². The lowest BCUT2D eigenvalue weighted by molar-refractivity contribution is -0.149. The zero-order valence-electron chi connectivity index (χ0n) is 15.0. The van der Waals surface area contributed by atoms with Crippen LogP contribution >= 0.6 is 0 Å². The standard InChI is InChI=1S/C22H23NO2/c1-15-14-19(24)23(21(25)22(2,3)4)20(15)18-13-9-8-12-17(18)16-10-6-5-7-11-16/h5-13,20H,1,14H2,2-4H3/t20-/m0/s1. The van der Waals surface area contributed by atoms with Gasteiger partial charge in [0.25, 0.3) is 0 Å². The van der Waals surface area contributed by atoms with Gasteiger partial charge in [0.05, 0.1) is 12.5 Å². The van der Waals surface area contributed by atoms with Crippen molar-refractivity contribution in [3.8, 4) is 11.1 Å². The van der Waals surface area contributed by atoms with Crippen LogP contribution in [-0.2, 0) is 9.59 Å². The van der Waals surface area contributed by atoms with Gasteiger partial charge >= 0.3 is 0 Å². The van der Waals surface area contributed by atoms with Crippen molar-refractivity contribution in [2.45, 2.75) is 33.2 Å². The molecular formula is C22H23NO2. The lowest BCUT2D eigenvalue weighted by atomic mass is 9.89. The summed E-state index contributed by atoms with van der Waals surface area (Å²) in [5.41, 5.74) is 3.18. The van der Waals surface area contributed by atoms with E-state index in [4.69, 9.17) is 0 Å². The first kappa shape index (κ1) is 17.2. The molecule has 0 aromatic heterocycles. The van der Waals surface area contributed by atoms with Gasteiger partial charge in [-0.1, -0.05) is 81.9 Å². The van der Waals surface area contributed by atoms with E-state index in [0.717, 1.165) is 22.3 Å². The topological polar surface area (TPSA) is 37.4 Å². The first-order valence-electron chi connectivity index (χ1n) is 8.49. The molecule has 2 aromatic rings. The number of benzene rings is 2. The average Bonchev–Trinajstić information content (AvgIpc) is 2.88. The van der Waals surface area contributed by atoms with Crippen LogP contribution in [0.2, 0.25) is 0 Å². The molecule has 1 aliphatic heterocycles. The third kappa shape index (κ3) is 3.14. The number of carbonyl (C=O) groups is 2. The number of rotatable bonds is 2. The molecule has 0 N–H and O–H groups in total. The molecule has 1 aliphatic rings. The number of carbonyl (C=O) groups excluding carboxylic acids is 2. The van der Waals surface area contributed by atoms with Crippen molar-refractivity contribution in [1.29, 1.82) is 0 Å². The predicted molar refractivity (Wildman–Crippen MR) is 99.7 cm³/mol. The minimum atomic E-state index is -0.625. The van der Waals surface area contributed by atoms with Crippen LogP contribution in [0.3, 0.4) is 0 Å². The molecule has 3 heteroatoms. The predicted octanol–water partition coefficient (Wildman–Crippen LogP) is 4.76. The minimum Gasteiger partial charge on any atom is -0.274 e. The van der Waals surface area contributed by atoms with E-state index in [2.05, 4.69) is 6.58 Å². The third-order valence-electron chi connectivity index (χ3n) is 4.49. The number of likely N-dealkylation sites (tertiary alicyclic amines) is 1. The lowest BCUT2D eigenvalue weighted by Crippen LogP contribution is -2.41. The van der Waals surface area contributed by atoms with E-state index in [-0.39, 0.29) is 18.2 Å². The number of nitrogens with zero attached hydrogens (tertiary/aromatic N) is 1. The van der Waals surface area contributed by atoms with Gasteiger partial charge in [0, 0.05) is 5.41 Å². The summed E-state index contributed by atoms with van der Waals surface area (Å²) in [6, 6.07) is 17.5. The Bertz CT molecular complexity index is 831. The molecule has 25 heavy (non-hydrogen) atoms. The molecule has 0 aliphatic carbocycles. The Balaban J connectivity index is 2.13. The highest BCUT2D eigenvalue weighted by Crippen LogP contribution is 2.42. The maximum Gasteiger partial charge on any atom is 0.235 e. The summed E-state index contributed by atoms with van der Waals surface area (Å²) in [5.74, 6) is -0.332. The molecule has 128 valence electrons. The van der Waals surface area contributed by atoms with E-state index in [9.17, 15) is 9.59 Å². The third-order valence-corrected chi connectivity index (χ3v) is 4.49. The van der Waals surface area contributed by atoms with Gasteiger partial charge in [0.15, 0.2) is 0 Å². The van der Waals surface area contributed by atoms with Crippen LogP contribution < -0.4 is 0 Å². The smallest absolute Gasteiger partial charge is 0.235 e. The summed E-state index contributed by atoms with van der Waals surface area (Å²) in [5, 5.41) is 0. The van der Waals surface area contributed by atoms with Crippen LogP contribution in [0.1, 0.15) is 38.8 Å². The number of hydrogen-bond acceptors (Lipinski definition) is 2. The van der Waals surface area contributed by atoms with Crippen LogP contribution in [0, 0.1) is 5.41 Å². The first-order valence-corrected chi connectivity index (χ1v) is 8.49. The SMILES string of the molecule is C=C1CC(=O)N(C(=O)C(C)(C)C)[C@@H]1c1ccccc1-c1ccccc1. The molecule has 0 radical (unpaired) electrons. The molecular weight excluding hydrogens is 310 g/mol. The van der Waals surface area contributed by atoms with Gasteiger partial charge in [-0.2, -0.15) is 0 Å². The number of hydrogen-bond donors (Lipinski definition) is 0. The van der Waals surface area contributed by atoms with E-state index in [0.29, 0.717) is 0 Å². The van der Waals surface area contributed by atoms with E-state index >= 15 is 0 Å². The zero-order chi connectivity index (χ0) is 18.2. The Morgan fingerprint density at radius 3 is 2.28 bits per heavy atom. The van der Waals surface area contributed by atoms with Crippen LogP contribution in [0.4, 0.5) is 0 Å². The monoisotopic (exact) mass is 333 g/mol. The number of amides is 2. The Morgan fingerprint density at radius 2 is 1.64 bits per heavy atom. The highest BCUT2D eigenvalue weighted by atomic mass is 16.2. The molecule has 2 aromatic carbocycles. The van der Waals surface area contributed by atoms with Gasteiger partial charge < -0.3 is 0 Å². The summed E-state index contributed by atoms with van der Waals surface area (Å²) < 4.78 is 0. The van der Waals surface area contributed by atoms with E-state index in [1.165, 1.54) is 4.90 Å². The van der Waals surface area contributed by atoms with Crippen LogP contribution in [0.25, 0.3) is 11.1 Å². The van der Waals surface area contributed by atoms with Crippen LogP contribution in [0.15, 0.2) is 66.7 Å². The molecule has 3 nitrogen and oxygen atoms in total. The first-order chi connectivity index (χ1) is 11.8. The maximum absolute atomic E-state index is 12.9. The molecule has 0 unspecified atom stereocenters. The zero-order valence-corrected chi connectivity index (χ0v) is 15.0. The van der Waals surface area contributed by atoms with Gasteiger partial charge in [0.1, 0.15) is 0 Å². The van der Waals surface area contributed by atoms with Crippen molar-refractivity contribution in [1.82, 2.24) is 4.90 Å². The largest absolute Gasteiger partial charge is 0.274 e. The fraction of sp³-hybridized carbons (Fsp3) is 0.273. The van der Waals surface area contributed by atoms with Crippen LogP contribution in [-0.4, -0.2) is 16.7 Å². The highest BCUT2D eigenvalue weighted by molar-refractivity contribution is 6.02. The van der Waals surface area contributed by atoms with Crippen molar-refractivity contribution in [2.24, 2.45) is 5.41 Å². The molecule has 1 fully saturated rings. The minimum absolute atomic E-state index is 0.163. The molecule has 2 amide bonds. The molecule has 3 rings (SSSR count). The van der Waals surface area contributed by atoms with Crippen molar-refractivity contribution in [2.75, 3.05) is 0 Å². The lowest BCUT2D eigenvalue weighted by Gasteiger charge is -2.31. The summed E-state index contributed by atoms with van der Waals surface area (Å²) in [6.07, 6.45) is 0.218. The summed E-state index contributed by atoms with van der Waals surface area (Å²) >= 11 is 0. The Hall–Kier alpha value is -2.68. The fourth-order valence-corrected chi connectivity index (χ4v) is 3.27. The molecule has 0 saturated carbocycles. The quantitative estimate of drug-likeness (QED) is 0.743.